The summed E-state index contributed by atoms with van der Waals surface area (Å²) in [5.41, 5.74) is 1.56. The van der Waals surface area contributed by atoms with Crippen molar-refractivity contribution in [1.29, 1.82) is 0 Å². The molecule has 2 amide bonds. The molecule has 0 aliphatic heterocycles. The Hall–Kier alpha value is -4.99. The zero-order chi connectivity index (χ0) is 29.7. The predicted octanol–water partition coefficient (Wildman–Crippen LogP) is 5.35. The number of rotatable bonds is 8. The number of anilines is 3. The summed E-state index contributed by atoms with van der Waals surface area (Å²) in [6.07, 6.45) is -0.606. The molecule has 0 bridgehead atoms. The summed E-state index contributed by atoms with van der Waals surface area (Å²) in [6, 6.07) is 19.2. The van der Waals surface area contributed by atoms with Gasteiger partial charge in [0.2, 0.25) is 5.91 Å². The molecule has 1 heterocycles. The van der Waals surface area contributed by atoms with Gasteiger partial charge in [-0.2, -0.15) is 0 Å². The van der Waals surface area contributed by atoms with Crippen molar-refractivity contribution in [2.75, 3.05) is 24.4 Å². The summed E-state index contributed by atoms with van der Waals surface area (Å²) in [5, 5.41) is 15.9. The zero-order valence-electron chi connectivity index (χ0n) is 23.6. The molecule has 0 radical (unpaired) electrons. The first kappa shape index (κ1) is 29.0. The number of carbonyl (C=O) groups is 2. The molecule has 0 aliphatic carbocycles. The topological polar surface area (TPSA) is 130 Å². The van der Waals surface area contributed by atoms with E-state index in [1.807, 2.05) is 12.1 Å². The largest absolute Gasteiger partial charge is 0.508 e. The standard InChI is InChI=1S/C31H33N3O7/c1-31(2,3)41-30(38)33-24(16-19-10-13-21(35)14-11-19)29(37)32-23-17-20(12-15-27(23)39-5)34(4)25-18-28(36)40-26-9-7-6-8-22(25)26/h6-15,17-18,24,35H,16H2,1-5H3,(H,32,37)(H,33,38). The third-order valence-corrected chi connectivity index (χ3v) is 6.20. The maximum atomic E-state index is 13.6. The molecule has 4 aromatic rings. The van der Waals surface area contributed by atoms with Crippen molar-refractivity contribution in [2.45, 2.75) is 38.8 Å². The Kier molecular flexibility index (Phi) is 8.51. The van der Waals surface area contributed by atoms with Gasteiger partial charge in [0.05, 0.1) is 18.5 Å². The third-order valence-electron chi connectivity index (χ3n) is 6.20. The summed E-state index contributed by atoms with van der Waals surface area (Å²) < 4.78 is 16.2. The monoisotopic (exact) mass is 559 g/mol. The molecule has 0 fully saturated rings. The van der Waals surface area contributed by atoms with Crippen LogP contribution in [0.1, 0.15) is 26.3 Å². The lowest BCUT2D eigenvalue weighted by Gasteiger charge is -2.25. The number of hydrogen-bond donors (Lipinski definition) is 3. The van der Waals surface area contributed by atoms with Crippen molar-refractivity contribution in [1.82, 2.24) is 5.32 Å². The van der Waals surface area contributed by atoms with Crippen LogP contribution < -0.4 is 25.9 Å². The highest BCUT2D eigenvalue weighted by molar-refractivity contribution is 5.99. The van der Waals surface area contributed by atoms with Crippen LogP contribution in [0.4, 0.5) is 21.9 Å². The lowest BCUT2D eigenvalue weighted by molar-refractivity contribution is -0.118. The van der Waals surface area contributed by atoms with E-state index < -0.39 is 29.3 Å². The highest BCUT2D eigenvalue weighted by atomic mass is 16.6. The van der Waals surface area contributed by atoms with E-state index in [1.54, 1.807) is 75.2 Å². The van der Waals surface area contributed by atoms with Crippen LogP contribution in [0.3, 0.4) is 0 Å². The molecule has 0 aliphatic rings. The van der Waals surface area contributed by atoms with Gasteiger partial charge in [-0.25, -0.2) is 9.59 Å². The lowest BCUT2D eigenvalue weighted by Crippen LogP contribution is -2.47. The number of methoxy groups -OCH3 is 1. The van der Waals surface area contributed by atoms with Crippen LogP contribution in [0.15, 0.2) is 82.0 Å². The van der Waals surface area contributed by atoms with Gasteiger partial charge in [0.25, 0.3) is 0 Å². The molecule has 3 aromatic carbocycles. The van der Waals surface area contributed by atoms with Gasteiger partial charge in [-0.3, -0.25) is 4.79 Å². The predicted molar refractivity (Wildman–Crippen MR) is 157 cm³/mol. The van der Waals surface area contributed by atoms with Crippen LogP contribution in [0.2, 0.25) is 0 Å². The number of nitrogens with zero attached hydrogens (tertiary/aromatic N) is 1. The first-order valence-electron chi connectivity index (χ1n) is 13.0. The van der Waals surface area contributed by atoms with E-state index in [1.165, 1.54) is 25.3 Å². The van der Waals surface area contributed by atoms with E-state index >= 15 is 0 Å². The minimum absolute atomic E-state index is 0.0875. The van der Waals surface area contributed by atoms with E-state index in [4.69, 9.17) is 13.9 Å². The summed E-state index contributed by atoms with van der Waals surface area (Å²) in [5.74, 6) is -0.0223. The molecule has 4 rings (SSSR count). The van der Waals surface area contributed by atoms with Crippen LogP contribution in [-0.2, 0) is 16.0 Å². The van der Waals surface area contributed by atoms with Crippen molar-refractivity contribution >= 4 is 40.0 Å². The van der Waals surface area contributed by atoms with Gasteiger partial charge in [-0.15, -0.1) is 0 Å². The molecule has 3 N–H and O–H groups in total. The van der Waals surface area contributed by atoms with Crippen LogP contribution in [0.25, 0.3) is 11.0 Å². The van der Waals surface area contributed by atoms with E-state index in [-0.39, 0.29) is 12.2 Å². The maximum Gasteiger partial charge on any atom is 0.408 e. The van der Waals surface area contributed by atoms with Crippen molar-refractivity contribution in [3.05, 3.63) is 88.8 Å². The fraction of sp³-hybridized carbons (Fsp3) is 0.258. The van der Waals surface area contributed by atoms with Gasteiger partial charge in [0.15, 0.2) is 0 Å². The molecule has 10 heteroatoms. The molecular weight excluding hydrogens is 526 g/mol. The second-order valence-corrected chi connectivity index (χ2v) is 10.4. The number of benzene rings is 3. The molecule has 1 atom stereocenters. The number of amides is 2. The van der Waals surface area contributed by atoms with Gasteiger partial charge in [-0.1, -0.05) is 24.3 Å². The van der Waals surface area contributed by atoms with Crippen molar-refractivity contribution in [2.24, 2.45) is 0 Å². The molecule has 214 valence electrons. The Morgan fingerprint density at radius 1 is 1.02 bits per heavy atom. The molecular formula is C31H33N3O7. The van der Waals surface area contributed by atoms with Gasteiger partial charge >= 0.3 is 11.7 Å². The zero-order valence-corrected chi connectivity index (χ0v) is 23.6. The number of phenols is 1. The van der Waals surface area contributed by atoms with Crippen molar-refractivity contribution in [3.8, 4) is 11.5 Å². The van der Waals surface area contributed by atoms with E-state index in [2.05, 4.69) is 10.6 Å². The number of alkyl carbamates (subject to hydrolysis) is 1. The van der Waals surface area contributed by atoms with Gasteiger partial charge < -0.3 is 34.5 Å². The third kappa shape index (κ3) is 7.36. The smallest absolute Gasteiger partial charge is 0.408 e. The second-order valence-electron chi connectivity index (χ2n) is 10.4. The number of aromatic hydroxyl groups is 1. The van der Waals surface area contributed by atoms with E-state index in [9.17, 15) is 19.5 Å². The SMILES string of the molecule is COc1ccc(N(C)c2cc(=O)oc3ccccc23)cc1NC(=O)C(Cc1ccc(O)cc1)NC(=O)OC(C)(C)C. The van der Waals surface area contributed by atoms with Crippen LogP contribution in [-0.4, -0.2) is 42.9 Å². The van der Waals surface area contributed by atoms with Crippen molar-refractivity contribution in [3.63, 3.8) is 0 Å². The number of phenolic OH excluding ortho intramolecular Hbond substituents is 1. The minimum atomic E-state index is -1.01. The molecule has 0 saturated carbocycles. The Morgan fingerprint density at radius 2 is 1.73 bits per heavy atom. The maximum absolute atomic E-state index is 13.6. The minimum Gasteiger partial charge on any atom is -0.508 e. The first-order chi connectivity index (χ1) is 19.4. The molecule has 1 unspecified atom stereocenters. The average molecular weight is 560 g/mol. The second kappa shape index (κ2) is 12.0. The van der Waals surface area contributed by atoms with Gasteiger partial charge in [0, 0.05) is 30.6 Å². The summed E-state index contributed by atoms with van der Waals surface area (Å²) >= 11 is 0. The summed E-state index contributed by atoms with van der Waals surface area (Å²) in [4.78, 5) is 40.2. The Bertz CT molecular complexity index is 1610. The summed E-state index contributed by atoms with van der Waals surface area (Å²) in [7, 11) is 3.28. The number of ether oxygens (including phenoxy) is 2. The number of nitrogens with one attached hydrogen (secondary N) is 2. The van der Waals surface area contributed by atoms with Crippen molar-refractivity contribution < 1.29 is 28.6 Å². The average Bonchev–Trinajstić information content (AvgIpc) is 2.92. The van der Waals surface area contributed by atoms with Crippen LogP contribution in [0.5, 0.6) is 11.5 Å². The quantitative estimate of drug-likeness (QED) is 0.246. The highest BCUT2D eigenvalue weighted by Crippen LogP contribution is 2.35. The first-order valence-corrected chi connectivity index (χ1v) is 13.0. The van der Waals surface area contributed by atoms with Crippen LogP contribution in [0, 0.1) is 0 Å². The Labute approximate surface area is 237 Å². The van der Waals surface area contributed by atoms with Crippen LogP contribution >= 0.6 is 0 Å². The van der Waals surface area contributed by atoms with Gasteiger partial charge in [0.1, 0.15) is 28.7 Å². The molecule has 41 heavy (non-hydrogen) atoms. The van der Waals surface area contributed by atoms with Gasteiger partial charge in [-0.05, 0) is 68.8 Å². The fourth-order valence-electron chi connectivity index (χ4n) is 4.26. The number of fused-ring (bicyclic) bond motifs is 1. The number of para-hydroxylation sites is 1. The molecule has 0 spiro atoms. The highest BCUT2D eigenvalue weighted by Gasteiger charge is 2.26. The number of hydrogen-bond acceptors (Lipinski definition) is 8. The number of carbonyl (C=O) groups excluding carboxylic acids is 2. The lowest BCUT2D eigenvalue weighted by atomic mass is 10.0. The van der Waals surface area contributed by atoms with E-state index in [0.29, 0.717) is 34.0 Å². The Morgan fingerprint density at radius 3 is 2.41 bits per heavy atom. The van der Waals surface area contributed by atoms with E-state index in [0.717, 1.165) is 5.39 Å². The summed E-state index contributed by atoms with van der Waals surface area (Å²) in [6.45, 7) is 5.19. The fourth-order valence-corrected chi connectivity index (χ4v) is 4.26. The molecule has 10 nitrogen and oxygen atoms in total. The molecule has 1 aromatic heterocycles. The Balaban J connectivity index is 1.64. The molecule has 0 saturated heterocycles. The normalized spacial score (nSPS) is 11.9.